The molecule has 0 aliphatic carbocycles. The minimum Gasteiger partial charge on any atom is -0.392 e. The lowest BCUT2D eigenvalue weighted by molar-refractivity contribution is 0.283. The number of aromatic amines is 1. The number of hydrogen-bond donors (Lipinski definition) is 3. The number of nitrogens with zero attached hydrogens (tertiary/aromatic N) is 3. The molecular formula is C30H33N5O2. The van der Waals surface area contributed by atoms with Gasteiger partial charge in [0, 0.05) is 52.4 Å². The van der Waals surface area contributed by atoms with Crippen molar-refractivity contribution in [2.75, 3.05) is 5.32 Å². The fraction of sp³-hybridized carbons (Fsp3) is 0.300. The topological polar surface area (TPSA) is 95.3 Å². The van der Waals surface area contributed by atoms with Crippen LogP contribution in [0.3, 0.4) is 0 Å². The van der Waals surface area contributed by atoms with Gasteiger partial charge in [0.2, 0.25) is 0 Å². The van der Waals surface area contributed by atoms with Crippen molar-refractivity contribution in [3.8, 4) is 22.4 Å². The fourth-order valence-electron chi connectivity index (χ4n) is 4.64. The van der Waals surface area contributed by atoms with Crippen molar-refractivity contribution in [2.24, 2.45) is 0 Å². The highest BCUT2D eigenvalue weighted by Crippen LogP contribution is 2.33. The number of benzene rings is 2. The van der Waals surface area contributed by atoms with Crippen LogP contribution in [0.1, 0.15) is 52.7 Å². The standard InChI is InChI=1S/C30H33N5O2/c1-29(2,3)18-10-11-21-24(14-18)32-15-22(26(21)37)19-8-7-9-20(23(19)17-36)25-16-35-13-12-31-28(35)27(33-25)34-30(4,5)6/h7-16,36H,17H2,1-6H3,(H,32,37)(H,33,34). The molecule has 0 fully saturated rings. The second-order valence-corrected chi connectivity index (χ2v) is 11.5. The molecule has 3 N–H and O–H groups in total. The monoisotopic (exact) mass is 495 g/mol. The summed E-state index contributed by atoms with van der Waals surface area (Å²) in [4.78, 5) is 26.3. The van der Waals surface area contributed by atoms with Gasteiger partial charge in [-0.2, -0.15) is 0 Å². The predicted molar refractivity (Wildman–Crippen MR) is 150 cm³/mol. The van der Waals surface area contributed by atoms with Crippen molar-refractivity contribution >= 4 is 22.4 Å². The van der Waals surface area contributed by atoms with Gasteiger partial charge in [-0.25, -0.2) is 9.97 Å². The molecule has 0 radical (unpaired) electrons. The molecule has 0 saturated heterocycles. The third-order valence-electron chi connectivity index (χ3n) is 6.51. The Bertz CT molecular complexity index is 1680. The van der Waals surface area contributed by atoms with Crippen LogP contribution in [0.2, 0.25) is 0 Å². The van der Waals surface area contributed by atoms with Gasteiger partial charge < -0.3 is 19.8 Å². The highest BCUT2D eigenvalue weighted by molar-refractivity contribution is 5.86. The molecule has 7 heteroatoms. The van der Waals surface area contributed by atoms with Gasteiger partial charge in [0.1, 0.15) is 0 Å². The Morgan fingerprint density at radius 1 is 1.03 bits per heavy atom. The highest BCUT2D eigenvalue weighted by atomic mass is 16.3. The van der Waals surface area contributed by atoms with Crippen molar-refractivity contribution in [1.29, 1.82) is 0 Å². The first-order valence-corrected chi connectivity index (χ1v) is 12.5. The molecule has 0 bridgehead atoms. The summed E-state index contributed by atoms with van der Waals surface area (Å²) in [7, 11) is 0. The lowest BCUT2D eigenvalue weighted by atomic mass is 9.86. The molecule has 3 heterocycles. The molecule has 0 atom stereocenters. The second kappa shape index (κ2) is 8.85. The van der Waals surface area contributed by atoms with Crippen molar-refractivity contribution in [2.45, 2.75) is 59.1 Å². The second-order valence-electron chi connectivity index (χ2n) is 11.5. The van der Waals surface area contributed by atoms with Gasteiger partial charge in [0.15, 0.2) is 16.9 Å². The number of aliphatic hydroxyl groups is 1. The maximum atomic E-state index is 13.6. The summed E-state index contributed by atoms with van der Waals surface area (Å²) in [5, 5.41) is 14.6. The Balaban J connectivity index is 1.68. The van der Waals surface area contributed by atoms with Crippen LogP contribution in [0.5, 0.6) is 0 Å². The third kappa shape index (κ3) is 4.62. The average Bonchev–Trinajstić information content (AvgIpc) is 3.31. The summed E-state index contributed by atoms with van der Waals surface area (Å²) >= 11 is 0. The molecule has 7 nitrogen and oxygen atoms in total. The fourth-order valence-corrected chi connectivity index (χ4v) is 4.64. The van der Waals surface area contributed by atoms with E-state index in [1.54, 1.807) is 12.4 Å². The lowest BCUT2D eigenvalue weighted by Crippen LogP contribution is -2.27. The van der Waals surface area contributed by atoms with E-state index in [2.05, 4.69) is 56.8 Å². The normalized spacial score (nSPS) is 12.4. The molecule has 3 aromatic heterocycles. The van der Waals surface area contributed by atoms with Gasteiger partial charge in [-0.15, -0.1) is 0 Å². The van der Waals surface area contributed by atoms with E-state index in [0.29, 0.717) is 33.6 Å². The van der Waals surface area contributed by atoms with Crippen LogP contribution >= 0.6 is 0 Å². The van der Waals surface area contributed by atoms with Crippen LogP contribution in [0.25, 0.3) is 38.9 Å². The summed E-state index contributed by atoms with van der Waals surface area (Å²) in [5.74, 6) is 0.655. The Hall–Kier alpha value is -3.97. The molecule has 37 heavy (non-hydrogen) atoms. The quantitative estimate of drug-likeness (QED) is 0.288. The Morgan fingerprint density at radius 3 is 2.49 bits per heavy atom. The number of nitrogens with one attached hydrogen (secondary N) is 2. The van der Waals surface area contributed by atoms with Gasteiger partial charge in [-0.1, -0.05) is 45.0 Å². The zero-order chi connectivity index (χ0) is 26.5. The van der Waals surface area contributed by atoms with Gasteiger partial charge in [0.05, 0.1) is 12.3 Å². The highest BCUT2D eigenvalue weighted by Gasteiger charge is 2.20. The summed E-state index contributed by atoms with van der Waals surface area (Å²) in [6, 6.07) is 11.6. The number of fused-ring (bicyclic) bond motifs is 2. The number of imidazole rings is 1. The molecule has 0 saturated carbocycles. The molecule has 190 valence electrons. The number of hydrogen-bond acceptors (Lipinski definition) is 5. The first-order chi connectivity index (χ1) is 17.5. The molecule has 0 unspecified atom stereocenters. The van der Waals surface area contributed by atoms with E-state index in [1.807, 2.05) is 53.2 Å². The van der Waals surface area contributed by atoms with E-state index in [1.165, 1.54) is 0 Å². The maximum absolute atomic E-state index is 13.6. The van der Waals surface area contributed by atoms with E-state index in [-0.39, 0.29) is 23.0 Å². The zero-order valence-corrected chi connectivity index (χ0v) is 22.2. The summed E-state index contributed by atoms with van der Waals surface area (Å²) in [6.07, 6.45) is 7.25. The van der Waals surface area contributed by atoms with E-state index < -0.39 is 0 Å². The van der Waals surface area contributed by atoms with Crippen molar-refractivity contribution in [3.05, 3.63) is 82.5 Å². The zero-order valence-electron chi connectivity index (χ0n) is 22.2. The Kier molecular flexibility index (Phi) is 5.91. The molecule has 2 aromatic carbocycles. The predicted octanol–water partition coefficient (Wildman–Crippen LogP) is 5.91. The summed E-state index contributed by atoms with van der Waals surface area (Å²) in [6.45, 7) is 12.4. The maximum Gasteiger partial charge on any atom is 0.197 e. The minimum absolute atomic E-state index is 0.0216. The molecule has 0 spiro atoms. The van der Waals surface area contributed by atoms with Crippen LogP contribution in [0.15, 0.2) is 66.0 Å². The Labute approximate surface area is 216 Å². The average molecular weight is 496 g/mol. The number of aromatic nitrogens is 4. The van der Waals surface area contributed by atoms with Crippen LogP contribution < -0.4 is 10.7 Å². The molecular weight excluding hydrogens is 462 g/mol. The number of rotatable bonds is 4. The first-order valence-electron chi connectivity index (χ1n) is 12.5. The number of H-pyrrole nitrogens is 1. The minimum atomic E-state index is -0.238. The van der Waals surface area contributed by atoms with Crippen molar-refractivity contribution in [3.63, 3.8) is 0 Å². The lowest BCUT2D eigenvalue weighted by Gasteiger charge is -2.22. The van der Waals surface area contributed by atoms with E-state index >= 15 is 0 Å². The molecule has 0 aliphatic heterocycles. The van der Waals surface area contributed by atoms with Gasteiger partial charge in [-0.05, 0) is 55.0 Å². The smallest absolute Gasteiger partial charge is 0.197 e. The number of anilines is 1. The largest absolute Gasteiger partial charge is 0.392 e. The summed E-state index contributed by atoms with van der Waals surface area (Å²) in [5.41, 5.74) is 5.64. The molecule has 5 aromatic rings. The molecule has 0 amide bonds. The van der Waals surface area contributed by atoms with E-state index in [0.717, 1.165) is 22.3 Å². The molecule has 5 rings (SSSR count). The van der Waals surface area contributed by atoms with Crippen molar-refractivity contribution in [1.82, 2.24) is 19.4 Å². The van der Waals surface area contributed by atoms with Gasteiger partial charge in [-0.3, -0.25) is 4.79 Å². The van der Waals surface area contributed by atoms with E-state index in [9.17, 15) is 9.90 Å². The number of pyridine rings is 1. The number of aliphatic hydroxyl groups excluding tert-OH is 1. The summed E-state index contributed by atoms with van der Waals surface area (Å²) < 4.78 is 1.92. The van der Waals surface area contributed by atoms with Crippen LogP contribution in [0, 0.1) is 0 Å². The third-order valence-corrected chi connectivity index (χ3v) is 6.51. The van der Waals surface area contributed by atoms with Crippen LogP contribution in [-0.2, 0) is 12.0 Å². The first kappa shape index (κ1) is 24.7. The SMILES string of the molecule is CC(C)(C)Nc1nc(-c2cccc(-c3c[nH]c4cc(C(C)(C)C)ccc4c3=O)c2CO)cn2ccnc12. The van der Waals surface area contributed by atoms with E-state index in [4.69, 9.17) is 4.98 Å². The Morgan fingerprint density at radius 2 is 1.78 bits per heavy atom. The van der Waals surface area contributed by atoms with Gasteiger partial charge in [0.25, 0.3) is 0 Å². The van der Waals surface area contributed by atoms with Crippen LogP contribution in [0.4, 0.5) is 5.82 Å². The van der Waals surface area contributed by atoms with Gasteiger partial charge >= 0.3 is 0 Å². The van der Waals surface area contributed by atoms with Crippen molar-refractivity contribution < 1.29 is 5.11 Å². The molecule has 0 aliphatic rings. The van der Waals surface area contributed by atoms with Crippen LogP contribution in [-0.4, -0.2) is 30.0 Å².